The second-order valence-corrected chi connectivity index (χ2v) is 5.89. The molecule has 0 spiro atoms. The van der Waals surface area contributed by atoms with Crippen molar-refractivity contribution in [3.8, 4) is 0 Å². The summed E-state index contributed by atoms with van der Waals surface area (Å²) in [5, 5.41) is 18.9. The van der Waals surface area contributed by atoms with Crippen LogP contribution in [0.25, 0.3) is 0 Å². The zero-order chi connectivity index (χ0) is 18.2. The molecule has 0 saturated carbocycles. The molecule has 0 aromatic carbocycles. The molecule has 3 N–H and O–H groups in total. The number of aromatic amines is 1. The fourth-order valence-electron chi connectivity index (χ4n) is 2.15. The summed E-state index contributed by atoms with van der Waals surface area (Å²) in [6, 6.07) is 2.05. The number of thiophene rings is 1. The minimum Gasteiger partial charge on any atom is -0.473 e. The first-order valence-corrected chi connectivity index (χ1v) is 8.31. The van der Waals surface area contributed by atoms with Gasteiger partial charge in [-0.05, 0) is 22.4 Å². The average molecular weight is 367 g/mol. The molecular formula is C15H17N3O6S. The molecule has 1 aliphatic rings. The molecule has 1 aliphatic heterocycles. The molecule has 0 unspecified atom stereocenters. The first-order chi connectivity index (χ1) is 12.0. The first kappa shape index (κ1) is 18.5. The van der Waals surface area contributed by atoms with E-state index < -0.39 is 11.9 Å². The Kier molecular flexibility index (Phi) is 6.52. The molecule has 3 rings (SSSR count). The Morgan fingerprint density at radius 3 is 2.72 bits per heavy atom. The van der Waals surface area contributed by atoms with Crippen LogP contribution in [0.15, 0.2) is 23.2 Å². The number of nitrogens with one attached hydrogen (secondary N) is 1. The first-order valence-electron chi connectivity index (χ1n) is 7.37. The van der Waals surface area contributed by atoms with Crippen molar-refractivity contribution in [2.45, 2.75) is 19.4 Å². The lowest BCUT2D eigenvalue weighted by atomic mass is 10.1. The minimum atomic E-state index is -1.82. The largest absolute Gasteiger partial charge is 0.473 e. The Hall–Kier alpha value is -2.88. The van der Waals surface area contributed by atoms with Gasteiger partial charge in [0.2, 0.25) is 0 Å². The monoisotopic (exact) mass is 367 g/mol. The third-order valence-electron chi connectivity index (χ3n) is 3.41. The molecule has 10 heteroatoms. The SMILES string of the molecule is O=C(O)C(=O)O.O=C(OCCc1ccsc1)N1CCc2nc[nH]c2C1. The van der Waals surface area contributed by atoms with Gasteiger partial charge in [-0.25, -0.2) is 19.4 Å². The number of rotatable bonds is 3. The highest BCUT2D eigenvalue weighted by molar-refractivity contribution is 7.07. The van der Waals surface area contributed by atoms with Crippen molar-refractivity contribution in [3.63, 3.8) is 0 Å². The minimum absolute atomic E-state index is 0.240. The lowest BCUT2D eigenvalue weighted by molar-refractivity contribution is -0.159. The van der Waals surface area contributed by atoms with E-state index in [4.69, 9.17) is 24.5 Å². The van der Waals surface area contributed by atoms with E-state index in [1.165, 1.54) is 5.56 Å². The highest BCUT2D eigenvalue weighted by atomic mass is 32.1. The fraction of sp³-hybridized carbons (Fsp3) is 0.333. The Balaban J connectivity index is 0.000000326. The third-order valence-corrected chi connectivity index (χ3v) is 4.14. The third kappa shape index (κ3) is 5.60. The number of H-pyrrole nitrogens is 1. The molecule has 2 aromatic rings. The van der Waals surface area contributed by atoms with Crippen LogP contribution in [-0.4, -0.2) is 56.3 Å². The highest BCUT2D eigenvalue weighted by Gasteiger charge is 2.23. The molecule has 0 radical (unpaired) electrons. The van der Waals surface area contributed by atoms with Gasteiger partial charge in [0.1, 0.15) is 0 Å². The number of aromatic nitrogens is 2. The van der Waals surface area contributed by atoms with Gasteiger partial charge in [0.05, 0.1) is 30.9 Å². The Morgan fingerprint density at radius 1 is 1.32 bits per heavy atom. The predicted octanol–water partition coefficient (Wildman–Crippen LogP) is 1.36. The second kappa shape index (κ2) is 8.83. The summed E-state index contributed by atoms with van der Waals surface area (Å²) in [4.78, 5) is 39.1. The smallest absolute Gasteiger partial charge is 0.414 e. The van der Waals surface area contributed by atoms with Crippen LogP contribution in [0, 0.1) is 0 Å². The molecule has 9 nitrogen and oxygen atoms in total. The van der Waals surface area contributed by atoms with E-state index >= 15 is 0 Å². The average Bonchev–Trinajstić information content (AvgIpc) is 3.25. The number of imidazole rings is 1. The maximum atomic E-state index is 11.9. The van der Waals surface area contributed by atoms with E-state index in [2.05, 4.69) is 21.4 Å². The van der Waals surface area contributed by atoms with Crippen LogP contribution < -0.4 is 0 Å². The summed E-state index contributed by atoms with van der Waals surface area (Å²) in [5.41, 5.74) is 3.29. The zero-order valence-electron chi connectivity index (χ0n) is 13.2. The Morgan fingerprint density at radius 2 is 2.08 bits per heavy atom. The molecule has 0 bridgehead atoms. The predicted molar refractivity (Wildman–Crippen MR) is 87.3 cm³/mol. The quantitative estimate of drug-likeness (QED) is 0.698. The van der Waals surface area contributed by atoms with Crippen molar-refractivity contribution < 1.29 is 29.3 Å². The van der Waals surface area contributed by atoms with E-state index in [1.807, 2.05) is 5.38 Å². The standard InChI is InChI=1S/C13H15N3O2S.C2H2O4/c17-13(18-5-2-10-3-6-19-8-10)16-4-1-11-12(7-16)15-9-14-11;3-1(4)2(5)6/h3,6,8-9H,1-2,4-5,7H2,(H,14,15);(H,3,4)(H,5,6). The van der Waals surface area contributed by atoms with Crippen LogP contribution in [0.2, 0.25) is 0 Å². The molecule has 1 amide bonds. The molecule has 0 atom stereocenters. The van der Waals surface area contributed by atoms with E-state index in [0.717, 1.165) is 24.2 Å². The number of aliphatic carboxylic acids is 2. The number of fused-ring (bicyclic) bond motifs is 1. The van der Waals surface area contributed by atoms with Crippen LogP contribution in [0.3, 0.4) is 0 Å². The summed E-state index contributed by atoms with van der Waals surface area (Å²) >= 11 is 1.66. The molecule has 0 aliphatic carbocycles. The van der Waals surface area contributed by atoms with Gasteiger partial charge in [0, 0.05) is 19.4 Å². The molecule has 25 heavy (non-hydrogen) atoms. The van der Waals surface area contributed by atoms with Gasteiger partial charge in [-0.3, -0.25) is 0 Å². The number of ether oxygens (including phenoxy) is 1. The van der Waals surface area contributed by atoms with Gasteiger partial charge in [-0.2, -0.15) is 11.3 Å². The van der Waals surface area contributed by atoms with E-state index in [0.29, 0.717) is 19.7 Å². The zero-order valence-corrected chi connectivity index (χ0v) is 14.0. The fourth-order valence-corrected chi connectivity index (χ4v) is 2.85. The topological polar surface area (TPSA) is 133 Å². The number of carboxylic acids is 2. The van der Waals surface area contributed by atoms with Crippen molar-refractivity contribution in [1.82, 2.24) is 14.9 Å². The number of carboxylic acid groups (broad SMARTS) is 2. The maximum Gasteiger partial charge on any atom is 0.414 e. The van der Waals surface area contributed by atoms with E-state index in [1.54, 1.807) is 22.6 Å². The maximum absolute atomic E-state index is 11.9. The van der Waals surface area contributed by atoms with Crippen molar-refractivity contribution in [2.24, 2.45) is 0 Å². The van der Waals surface area contributed by atoms with Crippen LogP contribution in [0.4, 0.5) is 4.79 Å². The number of carbonyl (C=O) groups is 3. The lowest BCUT2D eigenvalue weighted by Crippen LogP contribution is -2.36. The number of hydrogen-bond donors (Lipinski definition) is 3. The van der Waals surface area contributed by atoms with Crippen molar-refractivity contribution in [1.29, 1.82) is 0 Å². The van der Waals surface area contributed by atoms with Gasteiger partial charge in [0.25, 0.3) is 0 Å². The lowest BCUT2D eigenvalue weighted by Gasteiger charge is -2.25. The van der Waals surface area contributed by atoms with E-state index in [-0.39, 0.29) is 6.09 Å². The van der Waals surface area contributed by atoms with Crippen LogP contribution in [0.5, 0.6) is 0 Å². The summed E-state index contributed by atoms with van der Waals surface area (Å²) < 4.78 is 5.30. The van der Waals surface area contributed by atoms with Crippen LogP contribution in [-0.2, 0) is 33.7 Å². The molecule has 0 fully saturated rings. The summed E-state index contributed by atoms with van der Waals surface area (Å²) in [6.07, 6.45) is 3.00. The van der Waals surface area contributed by atoms with Crippen LogP contribution >= 0.6 is 11.3 Å². The van der Waals surface area contributed by atoms with Gasteiger partial charge in [-0.1, -0.05) is 0 Å². The van der Waals surface area contributed by atoms with Crippen molar-refractivity contribution >= 4 is 29.4 Å². The summed E-state index contributed by atoms with van der Waals surface area (Å²) in [5.74, 6) is -3.65. The molecule has 3 heterocycles. The second-order valence-electron chi connectivity index (χ2n) is 5.11. The van der Waals surface area contributed by atoms with Gasteiger partial charge < -0.3 is 24.8 Å². The van der Waals surface area contributed by atoms with Gasteiger partial charge in [0.15, 0.2) is 0 Å². The normalized spacial score (nSPS) is 12.6. The number of amides is 1. The molecule has 2 aromatic heterocycles. The summed E-state index contributed by atoms with van der Waals surface area (Å²) in [7, 11) is 0. The van der Waals surface area contributed by atoms with Gasteiger partial charge in [-0.15, -0.1) is 0 Å². The Labute approximate surface area is 146 Å². The Bertz CT molecular complexity index is 715. The van der Waals surface area contributed by atoms with Gasteiger partial charge >= 0.3 is 18.0 Å². The molecular weight excluding hydrogens is 350 g/mol. The highest BCUT2D eigenvalue weighted by Crippen LogP contribution is 2.15. The molecule has 0 saturated heterocycles. The number of carbonyl (C=O) groups excluding carboxylic acids is 1. The number of hydrogen-bond acceptors (Lipinski definition) is 6. The van der Waals surface area contributed by atoms with Crippen LogP contribution in [0.1, 0.15) is 17.0 Å². The van der Waals surface area contributed by atoms with E-state index in [9.17, 15) is 4.79 Å². The number of nitrogens with zero attached hydrogens (tertiary/aromatic N) is 2. The van der Waals surface area contributed by atoms with Crippen molar-refractivity contribution in [3.05, 3.63) is 40.1 Å². The molecule has 134 valence electrons. The van der Waals surface area contributed by atoms with Crippen molar-refractivity contribution in [2.75, 3.05) is 13.2 Å². The summed E-state index contributed by atoms with van der Waals surface area (Å²) in [6.45, 7) is 1.67.